The van der Waals surface area contributed by atoms with E-state index in [1.54, 1.807) is 7.11 Å². The van der Waals surface area contributed by atoms with Gasteiger partial charge in [0.15, 0.2) is 6.29 Å². The fraction of sp³-hybridized carbons (Fsp3) is 0.348. The second-order valence-electron chi connectivity index (χ2n) is 6.89. The molecule has 1 saturated heterocycles. The number of rotatable bonds is 8. The quantitative estimate of drug-likeness (QED) is 0.570. The van der Waals surface area contributed by atoms with Crippen LogP contribution < -0.4 is 4.74 Å². The molecular formula is C23H25ClO5. The van der Waals surface area contributed by atoms with Crippen molar-refractivity contribution in [3.8, 4) is 5.75 Å². The van der Waals surface area contributed by atoms with Crippen molar-refractivity contribution >= 4 is 17.6 Å². The predicted molar refractivity (Wildman–Crippen MR) is 111 cm³/mol. The zero-order chi connectivity index (χ0) is 20.6. The number of carbonyl (C=O) groups is 1. The van der Waals surface area contributed by atoms with Gasteiger partial charge in [0.2, 0.25) is 0 Å². The molecule has 29 heavy (non-hydrogen) atoms. The molecule has 0 amide bonds. The first-order valence-electron chi connectivity index (χ1n) is 9.61. The predicted octanol–water partition coefficient (Wildman–Crippen LogP) is 5.56. The first kappa shape index (κ1) is 21.4. The summed E-state index contributed by atoms with van der Waals surface area (Å²) in [6, 6.07) is 15.3. The van der Waals surface area contributed by atoms with Gasteiger partial charge in [-0.2, -0.15) is 0 Å². The zero-order valence-corrected chi connectivity index (χ0v) is 17.0. The number of carboxylic acids is 1. The highest BCUT2D eigenvalue weighted by molar-refractivity contribution is 6.31. The molecule has 154 valence electrons. The highest BCUT2D eigenvalue weighted by atomic mass is 35.5. The van der Waals surface area contributed by atoms with Crippen LogP contribution in [0.15, 0.2) is 60.7 Å². The van der Waals surface area contributed by atoms with Crippen molar-refractivity contribution in [2.24, 2.45) is 5.92 Å². The number of carboxylic acid groups (broad SMARTS) is 1. The van der Waals surface area contributed by atoms with E-state index in [-0.39, 0.29) is 18.4 Å². The minimum Gasteiger partial charge on any atom is -0.496 e. The Hall–Kier alpha value is -2.34. The molecule has 2 aromatic carbocycles. The summed E-state index contributed by atoms with van der Waals surface area (Å²) in [5.41, 5.74) is 1.75. The molecule has 0 spiro atoms. The lowest BCUT2D eigenvalue weighted by atomic mass is 9.91. The zero-order valence-electron chi connectivity index (χ0n) is 16.3. The summed E-state index contributed by atoms with van der Waals surface area (Å²) >= 11 is 6.35. The second kappa shape index (κ2) is 10.4. The molecule has 0 saturated carbocycles. The van der Waals surface area contributed by atoms with Gasteiger partial charge in [-0.25, -0.2) is 0 Å². The molecule has 1 unspecified atom stereocenters. The Morgan fingerprint density at radius 1 is 1.17 bits per heavy atom. The Morgan fingerprint density at radius 2 is 1.90 bits per heavy atom. The van der Waals surface area contributed by atoms with Crippen molar-refractivity contribution in [2.75, 3.05) is 13.7 Å². The molecule has 1 fully saturated rings. The molecule has 5 nitrogen and oxygen atoms in total. The van der Waals surface area contributed by atoms with Crippen molar-refractivity contribution in [3.63, 3.8) is 0 Å². The van der Waals surface area contributed by atoms with Gasteiger partial charge in [-0.3, -0.25) is 4.79 Å². The van der Waals surface area contributed by atoms with Gasteiger partial charge >= 0.3 is 5.97 Å². The van der Waals surface area contributed by atoms with E-state index >= 15 is 0 Å². The van der Waals surface area contributed by atoms with Gasteiger partial charge in [0.25, 0.3) is 0 Å². The normalized spacial score (nSPS) is 21.9. The van der Waals surface area contributed by atoms with Gasteiger partial charge in [0, 0.05) is 28.5 Å². The van der Waals surface area contributed by atoms with Gasteiger partial charge in [0.1, 0.15) is 5.75 Å². The second-order valence-corrected chi connectivity index (χ2v) is 7.29. The van der Waals surface area contributed by atoms with E-state index in [9.17, 15) is 4.79 Å². The van der Waals surface area contributed by atoms with Crippen LogP contribution in [0.25, 0.3) is 0 Å². The van der Waals surface area contributed by atoms with E-state index in [0.717, 1.165) is 16.9 Å². The van der Waals surface area contributed by atoms with Crippen LogP contribution >= 0.6 is 11.6 Å². The van der Waals surface area contributed by atoms with Crippen LogP contribution in [0, 0.1) is 5.92 Å². The Morgan fingerprint density at radius 3 is 2.62 bits per heavy atom. The third kappa shape index (κ3) is 5.60. The van der Waals surface area contributed by atoms with Crippen molar-refractivity contribution in [1.29, 1.82) is 0 Å². The van der Waals surface area contributed by atoms with Crippen LogP contribution in [-0.2, 0) is 14.3 Å². The summed E-state index contributed by atoms with van der Waals surface area (Å²) in [6.45, 7) is 0.488. The lowest BCUT2D eigenvalue weighted by molar-refractivity contribution is -0.244. The largest absolute Gasteiger partial charge is 0.496 e. The number of methoxy groups -OCH3 is 1. The Balaban J connectivity index is 1.81. The molecule has 3 atom stereocenters. The van der Waals surface area contributed by atoms with Crippen molar-refractivity contribution in [2.45, 2.75) is 31.7 Å². The summed E-state index contributed by atoms with van der Waals surface area (Å²) in [5.74, 6) is 0.0248. The van der Waals surface area contributed by atoms with Crippen molar-refractivity contribution in [3.05, 3.63) is 76.8 Å². The topological polar surface area (TPSA) is 65.0 Å². The summed E-state index contributed by atoms with van der Waals surface area (Å²) < 4.78 is 17.9. The molecule has 1 heterocycles. The summed E-state index contributed by atoms with van der Waals surface area (Å²) in [6.07, 6.45) is 4.42. The maximum Gasteiger partial charge on any atom is 0.303 e. The summed E-state index contributed by atoms with van der Waals surface area (Å²) in [7, 11) is 1.64. The molecule has 0 bridgehead atoms. The Kier molecular flexibility index (Phi) is 7.69. The third-order valence-corrected chi connectivity index (χ3v) is 5.24. The molecule has 1 aliphatic heterocycles. The molecule has 3 rings (SSSR count). The van der Waals surface area contributed by atoms with E-state index in [1.165, 1.54) is 0 Å². The van der Waals surface area contributed by atoms with Crippen LogP contribution in [0.3, 0.4) is 0 Å². The standard InChI is InChI=1S/C23H25ClO5/c1-27-20-13-8-6-11-18(20)22-16(9-3-2-4-14-21(25)26)15-28-23(29-22)17-10-5-7-12-19(17)24/h2-3,5-8,10-13,16,22-23H,4,9,14-15H2,1H3,(H,25,26)/t16-,22+,23?/m1/s1. The van der Waals surface area contributed by atoms with Crippen LogP contribution in [0.2, 0.25) is 5.02 Å². The summed E-state index contributed by atoms with van der Waals surface area (Å²) in [5, 5.41) is 9.37. The number of aliphatic carboxylic acids is 1. The number of allylic oxidation sites excluding steroid dienone is 2. The fourth-order valence-electron chi connectivity index (χ4n) is 3.43. The van der Waals surface area contributed by atoms with Gasteiger partial charge in [-0.15, -0.1) is 0 Å². The third-order valence-electron chi connectivity index (χ3n) is 4.90. The van der Waals surface area contributed by atoms with E-state index in [4.69, 9.17) is 30.9 Å². The molecule has 2 aromatic rings. The lowest BCUT2D eigenvalue weighted by Crippen LogP contribution is -2.30. The number of hydrogen-bond acceptors (Lipinski definition) is 4. The van der Waals surface area contributed by atoms with Crippen molar-refractivity contribution < 1.29 is 24.1 Å². The lowest BCUT2D eigenvalue weighted by Gasteiger charge is -2.37. The average molecular weight is 417 g/mol. The maximum absolute atomic E-state index is 10.7. The SMILES string of the molecule is COc1ccccc1[C@H]1OC(c2ccccc2Cl)OC[C@H]1CC=CCCC(=O)O. The molecule has 0 aliphatic carbocycles. The number of para-hydroxylation sites is 1. The Bertz CT molecular complexity index is 851. The number of ether oxygens (including phenoxy) is 3. The van der Waals surface area contributed by atoms with Crippen molar-refractivity contribution in [1.82, 2.24) is 0 Å². The number of halogens is 1. The smallest absolute Gasteiger partial charge is 0.303 e. The van der Waals surface area contributed by atoms with E-state index in [1.807, 2.05) is 60.7 Å². The molecular weight excluding hydrogens is 392 g/mol. The van der Waals surface area contributed by atoms with Gasteiger partial charge in [0.05, 0.1) is 19.8 Å². The summed E-state index contributed by atoms with van der Waals surface area (Å²) in [4.78, 5) is 10.7. The molecule has 0 radical (unpaired) electrons. The first-order chi connectivity index (χ1) is 14.1. The van der Waals surface area contributed by atoms with Gasteiger partial charge in [-0.1, -0.05) is 60.2 Å². The van der Waals surface area contributed by atoms with Crippen LogP contribution in [0.1, 0.15) is 42.8 Å². The maximum atomic E-state index is 10.7. The molecule has 1 N–H and O–H groups in total. The van der Waals surface area contributed by atoms with E-state index in [2.05, 4.69) is 0 Å². The first-order valence-corrected chi connectivity index (χ1v) is 9.99. The Labute approximate surface area is 175 Å². The molecule has 1 aliphatic rings. The van der Waals surface area contributed by atoms with Gasteiger partial charge < -0.3 is 19.3 Å². The monoisotopic (exact) mass is 416 g/mol. The minimum atomic E-state index is -0.798. The molecule has 6 heteroatoms. The number of hydrogen-bond donors (Lipinski definition) is 1. The van der Waals surface area contributed by atoms with E-state index in [0.29, 0.717) is 24.5 Å². The fourth-order valence-corrected chi connectivity index (χ4v) is 3.65. The highest BCUT2D eigenvalue weighted by Gasteiger charge is 2.35. The van der Waals surface area contributed by atoms with Crippen LogP contribution in [-0.4, -0.2) is 24.8 Å². The van der Waals surface area contributed by atoms with Crippen LogP contribution in [0.4, 0.5) is 0 Å². The number of benzene rings is 2. The van der Waals surface area contributed by atoms with Gasteiger partial charge in [-0.05, 0) is 25.0 Å². The van der Waals surface area contributed by atoms with E-state index < -0.39 is 12.3 Å². The van der Waals surface area contributed by atoms with Crippen LogP contribution in [0.5, 0.6) is 5.75 Å². The minimum absolute atomic E-state index is 0.0612. The average Bonchev–Trinajstić information content (AvgIpc) is 2.74. The highest BCUT2D eigenvalue weighted by Crippen LogP contribution is 2.43. The molecule has 0 aromatic heterocycles.